The third-order valence-electron chi connectivity index (χ3n) is 4.43. The molecule has 1 saturated heterocycles. The van der Waals surface area contributed by atoms with E-state index in [0.29, 0.717) is 44.5 Å². The molecule has 0 aliphatic carbocycles. The normalized spacial score (nSPS) is 14.6. The van der Waals surface area contributed by atoms with Crippen LogP contribution in [0.1, 0.15) is 18.1 Å². The lowest BCUT2D eigenvalue weighted by Crippen LogP contribution is -2.42. The van der Waals surface area contributed by atoms with E-state index in [1.807, 2.05) is 54.3 Å². The maximum atomic E-state index is 12.1. The Labute approximate surface area is 185 Å². The van der Waals surface area contributed by atoms with Gasteiger partial charge in [-0.2, -0.15) is 5.10 Å². The number of rotatable bonds is 9. The maximum absolute atomic E-state index is 12.1. The summed E-state index contributed by atoms with van der Waals surface area (Å²) in [6.07, 6.45) is 1.59. The first-order chi connectivity index (χ1) is 14.7. The van der Waals surface area contributed by atoms with Crippen LogP contribution in [0.2, 0.25) is 0 Å². The molecule has 1 aliphatic heterocycles. The van der Waals surface area contributed by atoms with E-state index in [0.717, 1.165) is 28.7 Å². The van der Waals surface area contributed by atoms with E-state index in [1.54, 1.807) is 6.21 Å². The molecule has 0 atom stereocenters. The minimum absolute atomic E-state index is 0.153. The zero-order valence-electron chi connectivity index (χ0n) is 17.0. The third-order valence-corrected chi connectivity index (χ3v) is 5.02. The molecule has 0 spiro atoms. The largest absolute Gasteiger partial charge is 0.490 e. The van der Waals surface area contributed by atoms with Crippen molar-refractivity contribution in [1.29, 1.82) is 0 Å². The van der Waals surface area contributed by atoms with E-state index < -0.39 is 0 Å². The molecule has 1 amide bonds. The van der Waals surface area contributed by atoms with Crippen LogP contribution in [-0.4, -0.2) is 56.5 Å². The first-order valence-electron chi connectivity index (χ1n) is 9.90. The number of hydrogen-bond donors (Lipinski definition) is 1. The van der Waals surface area contributed by atoms with Crippen LogP contribution >= 0.6 is 15.9 Å². The van der Waals surface area contributed by atoms with Gasteiger partial charge in [-0.25, -0.2) is 5.43 Å². The molecule has 1 heterocycles. The number of benzene rings is 2. The van der Waals surface area contributed by atoms with Crippen LogP contribution in [0.5, 0.6) is 11.5 Å². The number of ether oxygens (including phenoxy) is 3. The van der Waals surface area contributed by atoms with Crippen LogP contribution in [0.4, 0.5) is 0 Å². The third kappa shape index (κ3) is 6.83. The highest BCUT2D eigenvalue weighted by Gasteiger charge is 2.14. The SMILES string of the molecule is CCOc1cc(/C=N/NC(=O)CN2CCOCC2)cc(Br)c1OCc1ccccc1. The second kappa shape index (κ2) is 11.7. The van der Waals surface area contributed by atoms with Crippen molar-refractivity contribution in [3.8, 4) is 11.5 Å². The van der Waals surface area contributed by atoms with Crippen molar-refractivity contribution in [3.05, 3.63) is 58.1 Å². The second-order valence-electron chi connectivity index (χ2n) is 6.72. The number of carbonyl (C=O) groups excluding carboxylic acids is 1. The van der Waals surface area contributed by atoms with Crippen LogP contribution in [-0.2, 0) is 16.1 Å². The van der Waals surface area contributed by atoms with Gasteiger partial charge in [0, 0.05) is 13.1 Å². The lowest BCUT2D eigenvalue weighted by Gasteiger charge is -2.25. The summed E-state index contributed by atoms with van der Waals surface area (Å²) < 4.78 is 17.8. The van der Waals surface area contributed by atoms with E-state index in [-0.39, 0.29) is 5.91 Å². The number of hydrazone groups is 1. The zero-order chi connectivity index (χ0) is 21.2. The van der Waals surface area contributed by atoms with Crippen molar-refractivity contribution in [2.45, 2.75) is 13.5 Å². The van der Waals surface area contributed by atoms with Crippen LogP contribution < -0.4 is 14.9 Å². The van der Waals surface area contributed by atoms with Crippen LogP contribution in [0.15, 0.2) is 52.0 Å². The van der Waals surface area contributed by atoms with Crippen molar-refractivity contribution >= 4 is 28.1 Å². The monoisotopic (exact) mass is 475 g/mol. The summed E-state index contributed by atoms with van der Waals surface area (Å²) in [5.74, 6) is 1.10. The number of amides is 1. The number of nitrogens with zero attached hydrogens (tertiary/aromatic N) is 2. The van der Waals surface area contributed by atoms with Gasteiger partial charge in [-0.15, -0.1) is 0 Å². The molecule has 0 unspecified atom stereocenters. The Bertz CT molecular complexity index is 855. The summed E-state index contributed by atoms with van der Waals surface area (Å²) in [6, 6.07) is 13.7. The summed E-state index contributed by atoms with van der Waals surface area (Å²) in [7, 11) is 0. The minimum Gasteiger partial charge on any atom is -0.490 e. The maximum Gasteiger partial charge on any atom is 0.254 e. The molecule has 0 saturated carbocycles. The Hall–Kier alpha value is -2.42. The van der Waals surface area contributed by atoms with E-state index in [9.17, 15) is 4.79 Å². The van der Waals surface area contributed by atoms with E-state index in [4.69, 9.17) is 14.2 Å². The van der Waals surface area contributed by atoms with Gasteiger partial charge in [0.15, 0.2) is 11.5 Å². The molecule has 30 heavy (non-hydrogen) atoms. The summed E-state index contributed by atoms with van der Waals surface area (Å²) in [4.78, 5) is 14.1. The molecular formula is C22H26BrN3O4. The Morgan fingerprint density at radius 3 is 2.73 bits per heavy atom. The van der Waals surface area contributed by atoms with Crippen LogP contribution in [0.25, 0.3) is 0 Å². The summed E-state index contributed by atoms with van der Waals surface area (Å²) in [5, 5.41) is 4.07. The Morgan fingerprint density at radius 1 is 1.23 bits per heavy atom. The fraction of sp³-hybridized carbons (Fsp3) is 0.364. The van der Waals surface area contributed by atoms with Gasteiger partial charge in [0.25, 0.3) is 5.91 Å². The van der Waals surface area contributed by atoms with Crippen molar-refractivity contribution < 1.29 is 19.0 Å². The lowest BCUT2D eigenvalue weighted by atomic mass is 10.2. The van der Waals surface area contributed by atoms with Gasteiger partial charge in [0.05, 0.1) is 37.1 Å². The molecule has 160 valence electrons. The molecule has 1 N–H and O–H groups in total. The van der Waals surface area contributed by atoms with Crippen molar-refractivity contribution in [1.82, 2.24) is 10.3 Å². The number of hydrogen-bond acceptors (Lipinski definition) is 6. The summed E-state index contributed by atoms with van der Waals surface area (Å²) in [5.41, 5.74) is 4.42. The van der Waals surface area contributed by atoms with Gasteiger partial charge in [-0.3, -0.25) is 9.69 Å². The Morgan fingerprint density at radius 2 is 2.00 bits per heavy atom. The molecule has 0 bridgehead atoms. The number of nitrogens with one attached hydrogen (secondary N) is 1. The quantitative estimate of drug-likeness (QED) is 0.445. The predicted octanol–water partition coefficient (Wildman–Crippen LogP) is 3.21. The van der Waals surface area contributed by atoms with Gasteiger partial charge in [-0.05, 0) is 46.1 Å². The molecule has 1 aliphatic rings. The summed E-state index contributed by atoms with van der Waals surface area (Å²) in [6.45, 7) is 5.99. The van der Waals surface area contributed by atoms with Gasteiger partial charge >= 0.3 is 0 Å². The topological polar surface area (TPSA) is 72.4 Å². The number of halogens is 1. The second-order valence-corrected chi connectivity index (χ2v) is 7.57. The molecule has 8 heteroatoms. The van der Waals surface area contributed by atoms with Crippen molar-refractivity contribution in [3.63, 3.8) is 0 Å². The van der Waals surface area contributed by atoms with Crippen molar-refractivity contribution in [2.75, 3.05) is 39.5 Å². The predicted molar refractivity (Wildman–Crippen MR) is 119 cm³/mol. The highest BCUT2D eigenvalue weighted by molar-refractivity contribution is 9.10. The molecule has 1 fully saturated rings. The van der Waals surface area contributed by atoms with Gasteiger partial charge in [-0.1, -0.05) is 30.3 Å². The van der Waals surface area contributed by atoms with Crippen molar-refractivity contribution in [2.24, 2.45) is 5.10 Å². The van der Waals surface area contributed by atoms with Gasteiger partial charge in [0.1, 0.15) is 6.61 Å². The Kier molecular flexibility index (Phi) is 8.67. The lowest BCUT2D eigenvalue weighted by molar-refractivity contribution is -0.123. The molecule has 7 nitrogen and oxygen atoms in total. The Balaban J connectivity index is 1.61. The first-order valence-corrected chi connectivity index (χ1v) is 10.7. The molecule has 2 aromatic carbocycles. The van der Waals surface area contributed by atoms with Crippen LogP contribution in [0.3, 0.4) is 0 Å². The van der Waals surface area contributed by atoms with E-state index >= 15 is 0 Å². The molecule has 2 aromatic rings. The minimum atomic E-state index is -0.153. The van der Waals surface area contributed by atoms with E-state index in [1.165, 1.54) is 0 Å². The molecule has 3 rings (SSSR count). The smallest absolute Gasteiger partial charge is 0.254 e. The highest BCUT2D eigenvalue weighted by atomic mass is 79.9. The number of morpholine rings is 1. The highest BCUT2D eigenvalue weighted by Crippen LogP contribution is 2.37. The molecule has 0 aromatic heterocycles. The average Bonchev–Trinajstić information content (AvgIpc) is 2.75. The molecule has 0 radical (unpaired) electrons. The number of carbonyl (C=O) groups is 1. The fourth-order valence-corrected chi connectivity index (χ4v) is 3.55. The molecular weight excluding hydrogens is 450 g/mol. The van der Waals surface area contributed by atoms with Gasteiger partial charge in [0.2, 0.25) is 0 Å². The standard InChI is InChI=1S/C22H26BrN3O4/c1-2-29-20-13-18(14-24-25-21(27)15-26-8-10-28-11-9-26)12-19(23)22(20)30-16-17-6-4-3-5-7-17/h3-7,12-14H,2,8-11,15-16H2,1H3,(H,25,27)/b24-14+. The zero-order valence-corrected chi connectivity index (χ0v) is 18.6. The van der Waals surface area contributed by atoms with Crippen LogP contribution in [0, 0.1) is 0 Å². The fourth-order valence-electron chi connectivity index (χ4n) is 2.97. The summed E-state index contributed by atoms with van der Waals surface area (Å²) >= 11 is 3.56. The first kappa shape index (κ1) is 22.3. The van der Waals surface area contributed by atoms with Gasteiger partial charge < -0.3 is 14.2 Å². The van der Waals surface area contributed by atoms with E-state index in [2.05, 4.69) is 26.5 Å². The average molecular weight is 476 g/mol.